The zero-order chi connectivity index (χ0) is 18.1. The van der Waals surface area contributed by atoms with Crippen LogP contribution in [0.3, 0.4) is 0 Å². The van der Waals surface area contributed by atoms with Crippen LogP contribution in [0.1, 0.15) is 5.56 Å². The molecule has 2 aliphatic rings. The number of ether oxygens (including phenoxy) is 2. The molecule has 2 aromatic rings. The molecule has 1 saturated heterocycles. The van der Waals surface area contributed by atoms with Crippen LogP contribution < -0.4 is 14.4 Å². The Morgan fingerprint density at radius 2 is 2.08 bits per heavy atom. The molecule has 0 radical (unpaired) electrons. The van der Waals surface area contributed by atoms with Crippen LogP contribution in [0.25, 0.3) is 6.08 Å². The van der Waals surface area contributed by atoms with Crippen molar-refractivity contribution in [2.24, 2.45) is 0 Å². The van der Waals surface area contributed by atoms with Crippen molar-refractivity contribution in [1.82, 2.24) is 0 Å². The number of hydrogen-bond donors (Lipinski definition) is 0. The number of methoxy groups -OCH3 is 1. The van der Waals surface area contributed by atoms with Gasteiger partial charge in [-0.3, -0.25) is 9.69 Å². The maximum Gasteiger partial charge on any atom is 0.270 e. The van der Waals surface area contributed by atoms with E-state index in [0.29, 0.717) is 27.3 Å². The van der Waals surface area contributed by atoms with E-state index in [1.807, 2.05) is 54.6 Å². The molecule has 130 valence electrons. The highest BCUT2D eigenvalue weighted by Crippen LogP contribution is 2.37. The minimum absolute atomic E-state index is 0.131. The molecular weight excluding hydrogens is 366 g/mol. The summed E-state index contributed by atoms with van der Waals surface area (Å²) in [6, 6.07) is 15.1. The predicted octanol–water partition coefficient (Wildman–Crippen LogP) is 4.42. The Morgan fingerprint density at radius 3 is 2.92 bits per heavy atom. The zero-order valence-corrected chi connectivity index (χ0v) is 15.6. The van der Waals surface area contributed by atoms with E-state index in [-0.39, 0.29) is 5.91 Å². The Bertz CT molecular complexity index is 965. The minimum atomic E-state index is -0.131. The van der Waals surface area contributed by atoms with Gasteiger partial charge in [0.2, 0.25) is 0 Å². The van der Waals surface area contributed by atoms with E-state index in [1.54, 1.807) is 13.2 Å². The fourth-order valence-electron chi connectivity index (χ4n) is 2.83. The summed E-state index contributed by atoms with van der Waals surface area (Å²) >= 11 is 6.72. The molecule has 0 atom stereocenters. The van der Waals surface area contributed by atoms with Crippen LogP contribution in [0.15, 0.2) is 65.1 Å². The number of nitrogens with zero attached hydrogens (tertiary/aromatic N) is 1. The number of anilines is 1. The first-order chi connectivity index (χ1) is 12.7. The topological polar surface area (TPSA) is 38.8 Å². The van der Waals surface area contributed by atoms with E-state index in [2.05, 4.69) is 0 Å². The van der Waals surface area contributed by atoms with Crippen LogP contribution in [0.5, 0.6) is 11.5 Å². The maximum atomic E-state index is 12.9. The van der Waals surface area contributed by atoms with Crippen molar-refractivity contribution in [3.05, 3.63) is 70.6 Å². The normalized spacial score (nSPS) is 17.8. The number of rotatable bonds is 3. The zero-order valence-electron chi connectivity index (χ0n) is 14.0. The Hall–Kier alpha value is -2.57. The lowest BCUT2D eigenvalue weighted by Crippen LogP contribution is -2.27. The van der Waals surface area contributed by atoms with Gasteiger partial charge in [-0.1, -0.05) is 48.2 Å². The second kappa shape index (κ2) is 6.97. The van der Waals surface area contributed by atoms with Crippen molar-refractivity contribution in [3.63, 3.8) is 0 Å². The number of carbonyl (C=O) groups excluding carboxylic acids is 1. The molecule has 6 heteroatoms. The van der Waals surface area contributed by atoms with Gasteiger partial charge < -0.3 is 9.47 Å². The summed E-state index contributed by atoms with van der Waals surface area (Å²) in [5.41, 5.74) is 2.65. The highest BCUT2D eigenvalue weighted by Gasteiger charge is 2.33. The number of hydrogen-bond acceptors (Lipinski definition) is 5. The summed E-state index contributed by atoms with van der Waals surface area (Å²) in [5, 5.41) is 0. The molecule has 4 nitrogen and oxygen atoms in total. The van der Waals surface area contributed by atoms with Crippen molar-refractivity contribution in [2.75, 3.05) is 18.6 Å². The molecule has 2 aliphatic heterocycles. The van der Waals surface area contributed by atoms with Crippen LogP contribution in [-0.2, 0) is 4.79 Å². The first kappa shape index (κ1) is 16.9. The van der Waals surface area contributed by atoms with Crippen LogP contribution in [0.4, 0.5) is 5.69 Å². The fraction of sp³-hybridized carbons (Fsp3) is 0.100. The average molecular weight is 381 g/mol. The van der Waals surface area contributed by atoms with Gasteiger partial charge in [-0.15, -0.1) is 0 Å². The number of fused-ring (bicyclic) bond motifs is 1. The molecule has 2 heterocycles. The summed E-state index contributed by atoms with van der Waals surface area (Å²) < 4.78 is 11.5. The van der Waals surface area contributed by atoms with Gasteiger partial charge in [0.05, 0.1) is 17.7 Å². The summed E-state index contributed by atoms with van der Waals surface area (Å²) in [4.78, 5) is 15.0. The molecule has 4 rings (SSSR count). The molecule has 0 aromatic heterocycles. The van der Waals surface area contributed by atoms with Gasteiger partial charge in [-0.25, -0.2) is 0 Å². The summed E-state index contributed by atoms with van der Waals surface area (Å²) in [6.45, 7) is 0.431. The second-order valence-electron chi connectivity index (χ2n) is 5.76. The number of carbonyl (C=O) groups is 1. The Kier molecular flexibility index (Phi) is 4.53. The Morgan fingerprint density at radius 1 is 1.23 bits per heavy atom. The quantitative estimate of drug-likeness (QED) is 0.581. The van der Waals surface area contributed by atoms with E-state index < -0.39 is 0 Å². The van der Waals surface area contributed by atoms with Gasteiger partial charge in [0, 0.05) is 11.6 Å². The van der Waals surface area contributed by atoms with Gasteiger partial charge in [0.25, 0.3) is 5.91 Å². The molecule has 2 aromatic carbocycles. The van der Waals surface area contributed by atoms with Crippen molar-refractivity contribution in [2.45, 2.75) is 0 Å². The third-order valence-corrected chi connectivity index (χ3v) is 5.38. The van der Waals surface area contributed by atoms with Crippen LogP contribution in [0, 0.1) is 0 Å². The number of thioether (sulfide) groups is 1. The number of benzene rings is 2. The summed E-state index contributed by atoms with van der Waals surface area (Å²) in [7, 11) is 1.59. The van der Waals surface area contributed by atoms with Gasteiger partial charge in [-0.2, -0.15) is 0 Å². The van der Waals surface area contributed by atoms with Gasteiger partial charge in [0.1, 0.15) is 18.1 Å². The van der Waals surface area contributed by atoms with Gasteiger partial charge >= 0.3 is 0 Å². The minimum Gasteiger partial charge on any atom is -0.497 e. The van der Waals surface area contributed by atoms with E-state index in [4.69, 9.17) is 21.7 Å². The smallest absolute Gasteiger partial charge is 0.270 e. The highest BCUT2D eigenvalue weighted by atomic mass is 32.2. The van der Waals surface area contributed by atoms with Crippen molar-refractivity contribution in [1.29, 1.82) is 0 Å². The van der Waals surface area contributed by atoms with Gasteiger partial charge in [-0.05, 0) is 35.9 Å². The lowest BCUT2D eigenvalue weighted by atomic mass is 10.1. The summed E-state index contributed by atoms with van der Waals surface area (Å²) in [5.74, 6) is 1.40. The molecule has 0 spiro atoms. The molecule has 0 N–H and O–H groups in total. The molecule has 26 heavy (non-hydrogen) atoms. The number of thiocarbonyl (C=S) groups is 1. The molecule has 1 amide bonds. The Labute approximate surface area is 161 Å². The molecule has 1 fully saturated rings. The third kappa shape index (κ3) is 3.13. The monoisotopic (exact) mass is 381 g/mol. The predicted molar refractivity (Wildman–Crippen MR) is 109 cm³/mol. The largest absolute Gasteiger partial charge is 0.497 e. The molecule has 0 unspecified atom stereocenters. The van der Waals surface area contributed by atoms with Crippen molar-refractivity contribution >= 4 is 46.0 Å². The lowest BCUT2D eigenvalue weighted by Gasteiger charge is -2.16. The standard InChI is InChI=1S/C20H15NO3S2/c1-23-16-7-4-6-15(11-16)21-19(22)18(26-20(21)25)10-13-9-14-5-2-3-8-17(14)24-12-13/h2-11H,12H2,1H3/b18-10-. The van der Waals surface area contributed by atoms with E-state index in [1.165, 1.54) is 16.7 Å². The number of para-hydroxylation sites is 1. The average Bonchev–Trinajstić information content (AvgIpc) is 2.95. The van der Waals surface area contributed by atoms with Crippen LogP contribution in [-0.4, -0.2) is 23.9 Å². The highest BCUT2D eigenvalue weighted by molar-refractivity contribution is 8.27. The first-order valence-electron chi connectivity index (χ1n) is 8.00. The third-order valence-electron chi connectivity index (χ3n) is 4.08. The van der Waals surface area contributed by atoms with E-state index in [0.717, 1.165) is 16.9 Å². The fourth-order valence-corrected chi connectivity index (χ4v) is 4.14. The molecule has 0 aliphatic carbocycles. The second-order valence-corrected chi connectivity index (χ2v) is 7.44. The summed E-state index contributed by atoms with van der Waals surface area (Å²) in [6.07, 6.45) is 3.90. The number of amides is 1. The molecular formula is C20H15NO3S2. The maximum absolute atomic E-state index is 12.9. The van der Waals surface area contributed by atoms with Crippen LogP contribution in [0.2, 0.25) is 0 Å². The van der Waals surface area contributed by atoms with Crippen molar-refractivity contribution in [3.8, 4) is 11.5 Å². The van der Waals surface area contributed by atoms with Gasteiger partial charge in [0.15, 0.2) is 4.32 Å². The van der Waals surface area contributed by atoms with Crippen LogP contribution >= 0.6 is 24.0 Å². The lowest BCUT2D eigenvalue weighted by molar-refractivity contribution is -0.113. The first-order valence-corrected chi connectivity index (χ1v) is 9.22. The molecule has 0 saturated carbocycles. The Balaban J connectivity index is 1.63. The molecule has 0 bridgehead atoms. The SMILES string of the molecule is COc1cccc(N2C(=O)/C(=C/C3=Cc4ccccc4OC3)SC2=S)c1. The van der Waals surface area contributed by atoms with E-state index in [9.17, 15) is 4.79 Å². The van der Waals surface area contributed by atoms with E-state index >= 15 is 0 Å². The van der Waals surface area contributed by atoms with Crippen molar-refractivity contribution < 1.29 is 14.3 Å².